The first-order chi connectivity index (χ1) is 11.0. The molecule has 0 radical (unpaired) electrons. The van der Waals surface area contributed by atoms with E-state index in [4.69, 9.17) is 11.6 Å². The third-order valence-electron chi connectivity index (χ3n) is 3.82. The fourth-order valence-electron chi connectivity index (χ4n) is 2.55. The summed E-state index contributed by atoms with van der Waals surface area (Å²) in [6.45, 7) is 3.34. The molecule has 124 valence electrons. The average Bonchev–Trinajstić information content (AvgIpc) is 2.51. The van der Waals surface area contributed by atoms with Crippen molar-refractivity contribution in [3.8, 4) is 0 Å². The first kappa shape index (κ1) is 17.8. The predicted molar refractivity (Wildman–Crippen MR) is 99.4 cm³/mol. The fraction of sp³-hybridized carbons (Fsp3) is 0.421. The molecule has 1 atom stereocenters. The molecule has 0 aliphatic carbocycles. The number of halogens is 1. The molecule has 0 bridgehead atoms. The molecule has 0 spiro atoms. The molecule has 1 unspecified atom stereocenters. The highest BCUT2D eigenvalue weighted by Gasteiger charge is 2.08. The third kappa shape index (κ3) is 6.20. The van der Waals surface area contributed by atoms with Crippen LogP contribution < -0.4 is 5.32 Å². The lowest BCUT2D eigenvalue weighted by molar-refractivity contribution is 0.389. The highest BCUT2D eigenvalue weighted by molar-refractivity contribution is 6.30. The highest BCUT2D eigenvalue weighted by Crippen LogP contribution is 2.19. The number of aromatic nitrogens is 1. The molecule has 2 rings (SSSR count). The standard InChI is InChI=1S/C19H26ClN3/c1-15(6-5-13-23(2)3)22-19-17(7-4-12-21-19)14-16-8-10-18(20)11-9-16/h4,7-12,15H,5-6,13-14H2,1-3H3,(H,21,22). The lowest BCUT2D eigenvalue weighted by Gasteiger charge is -2.18. The minimum atomic E-state index is 0.411. The smallest absolute Gasteiger partial charge is 0.129 e. The van der Waals surface area contributed by atoms with Gasteiger partial charge in [0.05, 0.1) is 0 Å². The Hall–Kier alpha value is -1.58. The number of anilines is 1. The van der Waals surface area contributed by atoms with E-state index in [0.29, 0.717) is 6.04 Å². The number of benzene rings is 1. The van der Waals surface area contributed by atoms with E-state index in [1.165, 1.54) is 17.5 Å². The number of rotatable bonds is 8. The molecule has 1 N–H and O–H groups in total. The summed E-state index contributed by atoms with van der Waals surface area (Å²) in [7, 11) is 4.22. The quantitative estimate of drug-likeness (QED) is 0.773. The molecular weight excluding hydrogens is 306 g/mol. The summed E-state index contributed by atoms with van der Waals surface area (Å²) in [6, 6.07) is 12.5. The van der Waals surface area contributed by atoms with Crippen LogP contribution in [0.15, 0.2) is 42.6 Å². The van der Waals surface area contributed by atoms with Crippen molar-refractivity contribution in [1.82, 2.24) is 9.88 Å². The molecule has 0 saturated heterocycles. The van der Waals surface area contributed by atoms with Gasteiger partial charge in [-0.25, -0.2) is 4.98 Å². The number of nitrogens with one attached hydrogen (secondary N) is 1. The van der Waals surface area contributed by atoms with Crippen molar-refractivity contribution < 1.29 is 0 Å². The van der Waals surface area contributed by atoms with Crippen LogP contribution in [0.1, 0.15) is 30.9 Å². The minimum Gasteiger partial charge on any atom is -0.367 e. The van der Waals surface area contributed by atoms with Crippen LogP contribution in [0.25, 0.3) is 0 Å². The van der Waals surface area contributed by atoms with Crippen LogP contribution in [0.2, 0.25) is 5.02 Å². The molecular formula is C19H26ClN3. The number of hydrogen-bond donors (Lipinski definition) is 1. The second-order valence-electron chi connectivity index (χ2n) is 6.31. The first-order valence-electron chi connectivity index (χ1n) is 8.14. The topological polar surface area (TPSA) is 28.2 Å². The molecule has 0 fully saturated rings. The summed E-state index contributed by atoms with van der Waals surface area (Å²) < 4.78 is 0. The third-order valence-corrected chi connectivity index (χ3v) is 4.08. The molecule has 1 aromatic carbocycles. The Morgan fingerprint density at radius 2 is 1.91 bits per heavy atom. The van der Waals surface area contributed by atoms with Crippen LogP contribution in [0.4, 0.5) is 5.82 Å². The van der Waals surface area contributed by atoms with Crippen molar-refractivity contribution in [3.05, 3.63) is 58.7 Å². The van der Waals surface area contributed by atoms with Crippen molar-refractivity contribution in [2.45, 2.75) is 32.2 Å². The van der Waals surface area contributed by atoms with Gasteiger partial charge in [-0.1, -0.05) is 29.8 Å². The van der Waals surface area contributed by atoms with Crippen molar-refractivity contribution in [1.29, 1.82) is 0 Å². The Labute approximate surface area is 144 Å². The summed E-state index contributed by atoms with van der Waals surface area (Å²) in [5, 5.41) is 4.33. The number of hydrogen-bond acceptors (Lipinski definition) is 3. The van der Waals surface area contributed by atoms with Crippen LogP contribution >= 0.6 is 11.6 Å². The molecule has 23 heavy (non-hydrogen) atoms. The zero-order valence-electron chi connectivity index (χ0n) is 14.2. The maximum absolute atomic E-state index is 5.96. The maximum atomic E-state index is 5.96. The molecule has 4 heteroatoms. The van der Waals surface area contributed by atoms with E-state index in [0.717, 1.165) is 30.2 Å². The lowest BCUT2D eigenvalue weighted by Crippen LogP contribution is -2.20. The zero-order chi connectivity index (χ0) is 16.7. The normalized spacial score (nSPS) is 12.4. The van der Waals surface area contributed by atoms with E-state index in [9.17, 15) is 0 Å². The molecule has 0 aliphatic heterocycles. The van der Waals surface area contributed by atoms with Crippen molar-refractivity contribution >= 4 is 17.4 Å². The van der Waals surface area contributed by atoms with E-state index in [-0.39, 0.29) is 0 Å². The molecule has 1 aromatic heterocycles. The second kappa shape index (κ2) is 8.90. The van der Waals surface area contributed by atoms with Crippen LogP contribution in [0.3, 0.4) is 0 Å². The fourth-order valence-corrected chi connectivity index (χ4v) is 2.68. The molecule has 1 heterocycles. The van der Waals surface area contributed by atoms with Gasteiger partial charge in [0.15, 0.2) is 0 Å². The SMILES string of the molecule is CC(CCCN(C)C)Nc1ncccc1Cc1ccc(Cl)cc1. The number of pyridine rings is 1. The second-order valence-corrected chi connectivity index (χ2v) is 6.74. The Bertz CT molecular complexity index is 596. The summed E-state index contributed by atoms with van der Waals surface area (Å²) in [4.78, 5) is 6.75. The summed E-state index contributed by atoms with van der Waals surface area (Å²) in [6.07, 6.45) is 5.02. The summed E-state index contributed by atoms with van der Waals surface area (Å²) in [5.74, 6) is 0.986. The van der Waals surface area contributed by atoms with Gasteiger partial charge >= 0.3 is 0 Å². The molecule has 3 nitrogen and oxygen atoms in total. The Morgan fingerprint density at radius 1 is 1.17 bits per heavy atom. The molecule has 0 aliphatic rings. The van der Waals surface area contributed by atoms with Crippen LogP contribution in [0.5, 0.6) is 0 Å². The van der Waals surface area contributed by atoms with Crippen LogP contribution in [-0.4, -0.2) is 36.6 Å². The Kier molecular flexibility index (Phi) is 6.87. The van der Waals surface area contributed by atoms with E-state index in [1.54, 1.807) is 0 Å². The van der Waals surface area contributed by atoms with Gasteiger partial charge in [-0.05, 0) is 69.7 Å². The van der Waals surface area contributed by atoms with E-state index >= 15 is 0 Å². The van der Waals surface area contributed by atoms with Gasteiger partial charge in [-0.15, -0.1) is 0 Å². The Balaban J connectivity index is 1.98. The zero-order valence-corrected chi connectivity index (χ0v) is 15.0. The molecule has 0 amide bonds. The minimum absolute atomic E-state index is 0.411. The first-order valence-corrected chi connectivity index (χ1v) is 8.52. The van der Waals surface area contributed by atoms with Crippen molar-refractivity contribution in [2.24, 2.45) is 0 Å². The van der Waals surface area contributed by atoms with E-state index in [2.05, 4.69) is 54.4 Å². The van der Waals surface area contributed by atoms with E-state index < -0.39 is 0 Å². The predicted octanol–water partition coefficient (Wildman–Crippen LogP) is 4.47. The molecule has 2 aromatic rings. The van der Waals surface area contributed by atoms with Gasteiger partial charge in [0.25, 0.3) is 0 Å². The molecule has 0 saturated carbocycles. The van der Waals surface area contributed by atoms with Crippen LogP contribution in [-0.2, 0) is 6.42 Å². The number of nitrogens with zero attached hydrogens (tertiary/aromatic N) is 2. The maximum Gasteiger partial charge on any atom is 0.129 e. The van der Waals surface area contributed by atoms with Crippen LogP contribution in [0, 0.1) is 0 Å². The van der Waals surface area contributed by atoms with Gasteiger partial charge in [-0.2, -0.15) is 0 Å². The monoisotopic (exact) mass is 331 g/mol. The van der Waals surface area contributed by atoms with Gasteiger partial charge in [-0.3, -0.25) is 0 Å². The van der Waals surface area contributed by atoms with Gasteiger partial charge in [0, 0.05) is 23.7 Å². The summed E-state index contributed by atoms with van der Waals surface area (Å²) >= 11 is 5.96. The summed E-state index contributed by atoms with van der Waals surface area (Å²) in [5.41, 5.74) is 2.46. The largest absolute Gasteiger partial charge is 0.367 e. The van der Waals surface area contributed by atoms with Crippen molar-refractivity contribution in [3.63, 3.8) is 0 Å². The van der Waals surface area contributed by atoms with Gasteiger partial charge in [0.2, 0.25) is 0 Å². The Morgan fingerprint density at radius 3 is 2.61 bits per heavy atom. The lowest BCUT2D eigenvalue weighted by atomic mass is 10.1. The highest BCUT2D eigenvalue weighted by atomic mass is 35.5. The van der Waals surface area contributed by atoms with E-state index in [1.807, 2.05) is 24.4 Å². The van der Waals surface area contributed by atoms with Gasteiger partial charge in [0.1, 0.15) is 5.82 Å². The van der Waals surface area contributed by atoms with Crippen molar-refractivity contribution in [2.75, 3.05) is 26.0 Å². The average molecular weight is 332 g/mol. The van der Waals surface area contributed by atoms with Gasteiger partial charge < -0.3 is 10.2 Å².